The minimum absolute atomic E-state index is 0.0793. The van der Waals surface area contributed by atoms with Crippen LogP contribution in [0.2, 0.25) is 0 Å². The zero-order valence-electron chi connectivity index (χ0n) is 17.1. The Morgan fingerprint density at radius 2 is 1.77 bits per heavy atom. The molecule has 1 aromatic carbocycles. The number of aryl methyl sites for hydroxylation is 2. The van der Waals surface area contributed by atoms with Gasteiger partial charge in [0.15, 0.2) is 0 Å². The summed E-state index contributed by atoms with van der Waals surface area (Å²) in [6.45, 7) is 1.91. The maximum atomic E-state index is 12.7. The highest BCUT2D eigenvalue weighted by atomic mass is 32.1. The molecule has 5 nitrogen and oxygen atoms in total. The van der Waals surface area contributed by atoms with E-state index in [2.05, 4.69) is 45.7 Å². The van der Waals surface area contributed by atoms with Crippen molar-refractivity contribution in [1.29, 1.82) is 0 Å². The highest BCUT2D eigenvalue weighted by molar-refractivity contribution is 7.27. The van der Waals surface area contributed by atoms with Crippen LogP contribution in [-0.2, 0) is 11.2 Å². The Kier molecular flexibility index (Phi) is 6.53. The number of rotatable bonds is 7. The first-order chi connectivity index (χ1) is 15.0. The molecule has 4 rings (SSSR count). The Morgan fingerprint density at radius 1 is 1.03 bits per heavy atom. The molecule has 4 aromatic rings. The summed E-state index contributed by atoms with van der Waals surface area (Å²) in [5.74, 6) is 0.0793. The van der Waals surface area contributed by atoms with Crippen LogP contribution in [0, 0.1) is 6.92 Å². The van der Waals surface area contributed by atoms with Crippen LogP contribution in [0.1, 0.15) is 17.5 Å². The van der Waals surface area contributed by atoms with E-state index in [1.54, 1.807) is 45.0 Å². The Balaban J connectivity index is 1.40. The third-order valence-electron chi connectivity index (χ3n) is 4.95. The number of carbonyl (C=O) groups excluding carboxylic acids is 1. The summed E-state index contributed by atoms with van der Waals surface area (Å²) in [6, 6.07) is 18.3. The minimum Gasteiger partial charge on any atom is -0.307 e. The van der Waals surface area contributed by atoms with E-state index >= 15 is 0 Å². The fourth-order valence-electron chi connectivity index (χ4n) is 3.24. The molecule has 0 aliphatic rings. The van der Waals surface area contributed by atoms with Crippen molar-refractivity contribution in [3.05, 3.63) is 81.5 Å². The summed E-state index contributed by atoms with van der Waals surface area (Å²) < 4.78 is 0. The molecule has 1 amide bonds. The normalized spacial score (nSPS) is 10.6. The van der Waals surface area contributed by atoms with Gasteiger partial charge in [-0.05, 0) is 65.7 Å². The molecule has 0 radical (unpaired) electrons. The van der Waals surface area contributed by atoms with Gasteiger partial charge in [-0.25, -0.2) is 0 Å². The average Bonchev–Trinajstić information content (AvgIpc) is 3.54. The van der Waals surface area contributed by atoms with E-state index in [1.165, 1.54) is 19.5 Å². The molecule has 3 aromatic heterocycles. The van der Waals surface area contributed by atoms with Crippen LogP contribution in [0.4, 0.5) is 10.7 Å². The van der Waals surface area contributed by atoms with E-state index in [4.69, 9.17) is 5.53 Å². The lowest BCUT2D eigenvalue weighted by atomic mass is 10.1. The van der Waals surface area contributed by atoms with Crippen molar-refractivity contribution in [2.45, 2.75) is 19.8 Å². The lowest BCUT2D eigenvalue weighted by Gasteiger charge is -2.15. The van der Waals surface area contributed by atoms with Crippen LogP contribution in [0.3, 0.4) is 0 Å². The molecule has 3 heterocycles. The molecule has 0 unspecified atom stereocenters. The number of amides is 1. The zero-order valence-corrected chi connectivity index (χ0v) is 19.6. The number of hydrogen-bond acceptors (Lipinski definition) is 5. The van der Waals surface area contributed by atoms with Gasteiger partial charge < -0.3 is 4.90 Å². The van der Waals surface area contributed by atoms with Crippen LogP contribution in [0.25, 0.3) is 30.0 Å². The first kappa shape index (κ1) is 21.3. The third kappa shape index (κ3) is 4.89. The molecule has 0 aliphatic heterocycles. The summed E-state index contributed by atoms with van der Waals surface area (Å²) in [6.07, 6.45) is 1.07. The van der Waals surface area contributed by atoms with E-state index in [0.29, 0.717) is 18.5 Å². The predicted octanol–water partition coefficient (Wildman–Crippen LogP) is 8.05. The lowest BCUT2D eigenvalue weighted by Crippen LogP contribution is -2.25. The molecule has 0 fully saturated rings. The van der Waals surface area contributed by atoms with E-state index < -0.39 is 0 Å². The molecule has 0 saturated carbocycles. The number of hydrogen-bond donors (Lipinski definition) is 0. The van der Waals surface area contributed by atoms with Gasteiger partial charge in [0, 0.05) is 43.6 Å². The van der Waals surface area contributed by atoms with Crippen LogP contribution in [-0.4, -0.2) is 13.0 Å². The maximum Gasteiger partial charge on any atom is 0.227 e. The van der Waals surface area contributed by atoms with Gasteiger partial charge in [0.2, 0.25) is 5.91 Å². The Bertz CT molecular complexity index is 1250. The van der Waals surface area contributed by atoms with Crippen LogP contribution in [0.15, 0.2) is 65.1 Å². The van der Waals surface area contributed by atoms with Crippen molar-refractivity contribution in [3.63, 3.8) is 0 Å². The highest BCUT2D eigenvalue weighted by Crippen LogP contribution is 2.41. The van der Waals surface area contributed by atoms with Crippen molar-refractivity contribution in [1.82, 2.24) is 0 Å². The zero-order chi connectivity index (χ0) is 21.8. The molecular formula is C23H20N4OS3. The third-order valence-corrected chi connectivity index (χ3v) is 8.46. The molecular weight excluding hydrogens is 444 g/mol. The maximum absolute atomic E-state index is 12.7. The van der Waals surface area contributed by atoms with Crippen molar-refractivity contribution >= 4 is 50.6 Å². The second-order valence-corrected chi connectivity index (χ2v) is 10.1. The summed E-state index contributed by atoms with van der Waals surface area (Å²) in [7, 11) is 1.83. The fourth-order valence-corrected chi connectivity index (χ4v) is 6.15. The van der Waals surface area contributed by atoms with Gasteiger partial charge in [-0.15, -0.1) is 34.0 Å². The average molecular weight is 465 g/mol. The van der Waals surface area contributed by atoms with Gasteiger partial charge in [-0.3, -0.25) is 4.79 Å². The smallest absolute Gasteiger partial charge is 0.227 e. The molecule has 0 saturated heterocycles. The van der Waals surface area contributed by atoms with Crippen molar-refractivity contribution in [3.8, 4) is 19.5 Å². The van der Waals surface area contributed by atoms with Gasteiger partial charge in [0.05, 0.1) is 5.00 Å². The Morgan fingerprint density at radius 3 is 2.48 bits per heavy atom. The van der Waals surface area contributed by atoms with E-state index in [-0.39, 0.29) is 5.91 Å². The molecule has 31 heavy (non-hydrogen) atoms. The molecule has 156 valence electrons. The molecule has 8 heteroatoms. The molecule has 0 atom stereocenters. The second kappa shape index (κ2) is 9.49. The minimum atomic E-state index is 0.0793. The number of nitrogens with zero attached hydrogens (tertiary/aromatic N) is 4. The fraction of sp³-hybridized carbons (Fsp3) is 0.174. The van der Waals surface area contributed by atoms with E-state index in [0.717, 1.165) is 16.1 Å². The van der Waals surface area contributed by atoms with Gasteiger partial charge in [-0.1, -0.05) is 29.4 Å². The topological polar surface area (TPSA) is 69.1 Å². The summed E-state index contributed by atoms with van der Waals surface area (Å²) >= 11 is 5.16. The summed E-state index contributed by atoms with van der Waals surface area (Å²) in [4.78, 5) is 22.3. The Labute approximate surface area is 192 Å². The summed E-state index contributed by atoms with van der Waals surface area (Å²) in [5.41, 5.74) is 11.2. The molecule has 0 N–H and O–H groups in total. The number of thiophene rings is 3. The number of anilines is 1. The molecule has 0 aliphatic carbocycles. The standard InChI is InChI=1S/C23H20N4OS3/c1-15-14-16(5-7-17(15)25-26-24)6-11-22(28)27(2)23-12-10-21(31-23)20-9-8-19(30-20)18-4-3-13-29-18/h3-5,7-10,12-14H,6,11H2,1-2H3. The van der Waals surface area contributed by atoms with Crippen LogP contribution in [0.5, 0.6) is 0 Å². The number of azide groups is 1. The first-order valence-corrected chi connectivity index (χ1v) is 12.2. The molecule has 0 bridgehead atoms. The largest absolute Gasteiger partial charge is 0.307 e. The SMILES string of the molecule is Cc1cc(CCC(=O)N(C)c2ccc(-c3ccc(-c4cccs4)s3)s2)ccc1N=[N+]=[N-]. The van der Waals surface area contributed by atoms with Crippen LogP contribution >= 0.6 is 34.0 Å². The van der Waals surface area contributed by atoms with Crippen LogP contribution < -0.4 is 4.90 Å². The Hall–Kier alpha value is -2.90. The number of carbonyl (C=O) groups is 1. The lowest BCUT2D eigenvalue weighted by molar-refractivity contribution is -0.118. The monoisotopic (exact) mass is 464 g/mol. The quantitative estimate of drug-likeness (QED) is 0.155. The van der Waals surface area contributed by atoms with Gasteiger partial charge in [0.25, 0.3) is 0 Å². The van der Waals surface area contributed by atoms with E-state index in [9.17, 15) is 4.79 Å². The first-order valence-electron chi connectivity index (χ1n) is 9.70. The molecule has 0 spiro atoms. The predicted molar refractivity (Wildman–Crippen MR) is 133 cm³/mol. The highest BCUT2D eigenvalue weighted by Gasteiger charge is 2.15. The van der Waals surface area contributed by atoms with Gasteiger partial charge in [-0.2, -0.15) is 0 Å². The number of benzene rings is 1. The van der Waals surface area contributed by atoms with Crippen molar-refractivity contribution < 1.29 is 4.79 Å². The van der Waals surface area contributed by atoms with Crippen molar-refractivity contribution in [2.75, 3.05) is 11.9 Å². The van der Waals surface area contributed by atoms with Gasteiger partial charge in [0.1, 0.15) is 0 Å². The second-order valence-electron chi connectivity index (χ2n) is 7.04. The van der Waals surface area contributed by atoms with E-state index in [1.807, 2.05) is 32.2 Å². The van der Waals surface area contributed by atoms with Crippen molar-refractivity contribution in [2.24, 2.45) is 5.11 Å². The van der Waals surface area contributed by atoms with Gasteiger partial charge >= 0.3 is 0 Å². The summed E-state index contributed by atoms with van der Waals surface area (Å²) in [5, 5.41) is 6.70.